The van der Waals surface area contributed by atoms with E-state index in [2.05, 4.69) is 9.97 Å². The molecule has 0 bridgehead atoms. The van der Waals surface area contributed by atoms with Crippen molar-refractivity contribution in [3.63, 3.8) is 0 Å². The molecule has 25 heavy (non-hydrogen) atoms. The van der Waals surface area contributed by atoms with Gasteiger partial charge < -0.3 is 9.88 Å². The van der Waals surface area contributed by atoms with Crippen molar-refractivity contribution in [1.29, 1.82) is 0 Å². The zero-order valence-electron chi connectivity index (χ0n) is 14.0. The molecule has 5 nitrogen and oxygen atoms in total. The Morgan fingerprint density at radius 2 is 2.00 bits per heavy atom. The summed E-state index contributed by atoms with van der Waals surface area (Å²) >= 11 is 0. The van der Waals surface area contributed by atoms with Gasteiger partial charge in [-0.1, -0.05) is 18.2 Å². The molecule has 2 aromatic carbocycles. The standard InChI is InChI=1S/C19H18FN3O2/c1-3-23(19(25)13-9-8-12(2)15(20)10-13)11-17-21-16-7-5-4-6-14(16)18(24)22-17/h4-10H,3,11H2,1-2H3,(H,21,22,24). The van der Waals surface area contributed by atoms with Gasteiger partial charge in [0.15, 0.2) is 0 Å². The largest absolute Gasteiger partial charge is 0.331 e. The lowest BCUT2D eigenvalue weighted by Gasteiger charge is -2.20. The van der Waals surface area contributed by atoms with Gasteiger partial charge in [-0.25, -0.2) is 9.37 Å². The van der Waals surface area contributed by atoms with E-state index in [4.69, 9.17) is 0 Å². The first-order valence-electron chi connectivity index (χ1n) is 8.03. The van der Waals surface area contributed by atoms with E-state index >= 15 is 0 Å². The summed E-state index contributed by atoms with van der Waals surface area (Å²) in [7, 11) is 0. The fourth-order valence-corrected chi connectivity index (χ4v) is 2.63. The summed E-state index contributed by atoms with van der Waals surface area (Å²) in [5, 5.41) is 0.501. The van der Waals surface area contributed by atoms with E-state index in [0.29, 0.717) is 28.8 Å². The van der Waals surface area contributed by atoms with E-state index in [1.165, 1.54) is 11.0 Å². The SMILES string of the molecule is CCN(Cc1nc2ccccc2c(=O)[nH]1)C(=O)c1ccc(C)c(F)c1. The van der Waals surface area contributed by atoms with Gasteiger partial charge in [-0.2, -0.15) is 0 Å². The van der Waals surface area contributed by atoms with Crippen LogP contribution in [0.2, 0.25) is 0 Å². The number of halogens is 1. The molecule has 0 saturated carbocycles. The average Bonchev–Trinajstić information content (AvgIpc) is 2.61. The number of H-pyrrole nitrogens is 1. The Bertz CT molecular complexity index is 997. The second-order valence-corrected chi connectivity index (χ2v) is 5.81. The number of rotatable bonds is 4. The lowest BCUT2D eigenvalue weighted by molar-refractivity contribution is 0.0748. The summed E-state index contributed by atoms with van der Waals surface area (Å²) in [5.74, 6) is -0.331. The van der Waals surface area contributed by atoms with E-state index in [9.17, 15) is 14.0 Å². The number of hydrogen-bond acceptors (Lipinski definition) is 3. The number of aromatic nitrogens is 2. The van der Waals surface area contributed by atoms with E-state index in [1.54, 1.807) is 43.3 Å². The molecule has 0 fully saturated rings. The number of nitrogens with zero attached hydrogens (tertiary/aromatic N) is 2. The van der Waals surface area contributed by atoms with Crippen LogP contribution in [0.15, 0.2) is 47.3 Å². The van der Waals surface area contributed by atoms with Crippen LogP contribution in [0.25, 0.3) is 10.9 Å². The molecule has 6 heteroatoms. The van der Waals surface area contributed by atoms with E-state index in [1.807, 2.05) is 6.92 Å². The maximum Gasteiger partial charge on any atom is 0.258 e. The highest BCUT2D eigenvalue weighted by molar-refractivity contribution is 5.94. The number of benzene rings is 2. The molecule has 1 heterocycles. The molecule has 0 atom stereocenters. The minimum absolute atomic E-state index is 0.144. The first-order valence-corrected chi connectivity index (χ1v) is 8.03. The minimum Gasteiger partial charge on any atom is -0.331 e. The van der Waals surface area contributed by atoms with Crippen LogP contribution in [0, 0.1) is 12.7 Å². The van der Waals surface area contributed by atoms with Crippen LogP contribution in [0.1, 0.15) is 28.7 Å². The highest BCUT2D eigenvalue weighted by atomic mass is 19.1. The predicted molar refractivity (Wildman–Crippen MR) is 93.9 cm³/mol. The van der Waals surface area contributed by atoms with Crippen LogP contribution in [0.5, 0.6) is 0 Å². The van der Waals surface area contributed by atoms with Crippen molar-refractivity contribution in [2.24, 2.45) is 0 Å². The van der Waals surface area contributed by atoms with Crippen molar-refractivity contribution >= 4 is 16.8 Å². The first kappa shape index (κ1) is 16.8. The summed E-state index contributed by atoms with van der Waals surface area (Å²) < 4.78 is 13.7. The van der Waals surface area contributed by atoms with Gasteiger partial charge in [0.05, 0.1) is 17.4 Å². The maximum atomic E-state index is 13.7. The third kappa shape index (κ3) is 3.42. The van der Waals surface area contributed by atoms with Gasteiger partial charge in [0.25, 0.3) is 11.5 Å². The van der Waals surface area contributed by atoms with E-state index in [-0.39, 0.29) is 23.6 Å². The zero-order chi connectivity index (χ0) is 18.0. The normalized spacial score (nSPS) is 10.8. The van der Waals surface area contributed by atoms with E-state index < -0.39 is 5.82 Å². The Balaban J connectivity index is 1.90. The number of carbonyl (C=O) groups excluding carboxylic acids is 1. The second-order valence-electron chi connectivity index (χ2n) is 5.81. The van der Waals surface area contributed by atoms with Crippen LogP contribution in [-0.2, 0) is 6.54 Å². The molecule has 1 N–H and O–H groups in total. The summed E-state index contributed by atoms with van der Waals surface area (Å²) in [5.41, 5.74) is 1.09. The van der Waals surface area contributed by atoms with Crippen molar-refractivity contribution in [2.75, 3.05) is 6.54 Å². The van der Waals surface area contributed by atoms with Crippen molar-refractivity contribution in [3.8, 4) is 0 Å². The number of para-hydroxylation sites is 1. The average molecular weight is 339 g/mol. The van der Waals surface area contributed by atoms with Gasteiger partial charge in [-0.3, -0.25) is 9.59 Å². The summed E-state index contributed by atoms with van der Waals surface area (Å²) in [6.45, 7) is 4.02. The molecule has 0 radical (unpaired) electrons. The fourth-order valence-electron chi connectivity index (χ4n) is 2.63. The third-order valence-electron chi connectivity index (χ3n) is 4.09. The molecule has 3 aromatic rings. The smallest absolute Gasteiger partial charge is 0.258 e. The number of hydrogen-bond donors (Lipinski definition) is 1. The molecule has 3 rings (SSSR count). The number of nitrogens with one attached hydrogen (secondary N) is 1. The van der Waals surface area contributed by atoms with Gasteiger partial charge >= 0.3 is 0 Å². The number of amides is 1. The van der Waals surface area contributed by atoms with Gasteiger partial charge in [0.2, 0.25) is 0 Å². The number of aromatic amines is 1. The quantitative estimate of drug-likeness (QED) is 0.794. The van der Waals surface area contributed by atoms with Crippen LogP contribution in [-0.4, -0.2) is 27.3 Å². The Hall–Kier alpha value is -3.02. The molecule has 0 spiro atoms. The van der Waals surface area contributed by atoms with Crippen LogP contribution in [0.4, 0.5) is 4.39 Å². The Kier molecular flexibility index (Phi) is 4.61. The molecule has 0 aliphatic heterocycles. The number of aryl methyl sites for hydroxylation is 1. The zero-order valence-corrected chi connectivity index (χ0v) is 14.0. The highest BCUT2D eigenvalue weighted by Crippen LogP contribution is 2.13. The molecular weight excluding hydrogens is 321 g/mol. The Labute approximate surface area is 144 Å². The predicted octanol–water partition coefficient (Wildman–Crippen LogP) is 3.03. The van der Waals surface area contributed by atoms with Crippen LogP contribution in [0.3, 0.4) is 0 Å². The molecule has 1 amide bonds. The summed E-state index contributed by atoms with van der Waals surface area (Å²) in [4.78, 5) is 33.4. The monoisotopic (exact) mass is 339 g/mol. The molecule has 0 aliphatic rings. The van der Waals surface area contributed by atoms with Crippen molar-refractivity contribution in [2.45, 2.75) is 20.4 Å². The highest BCUT2D eigenvalue weighted by Gasteiger charge is 2.17. The van der Waals surface area contributed by atoms with Crippen molar-refractivity contribution in [1.82, 2.24) is 14.9 Å². The molecule has 1 aromatic heterocycles. The molecule has 0 saturated heterocycles. The molecule has 0 aliphatic carbocycles. The Morgan fingerprint density at radius 1 is 1.24 bits per heavy atom. The van der Waals surface area contributed by atoms with Gasteiger partial charge in [0.1, 0.15) is 11.6 Å². The summed E-state index contributed by atoms with van der Waals surface area (Å²) in [6.07, 6.45) is 0. The van der Waals surface area contributed by atoms with E-state index in [0.717, 1.165) is 0 Å². The third-order valence-corrected chi connectivity index (χ3v) is 4.09. The molecule has 128 valence electrons. The van der Waals surface area contributed by atoms with Crippen LogP contribution < -0.4 is 5.56 Å². The van der Waals surface area contributed by atoms with Crippen molar-refractivity contribution in [3.05, 3.63) is 75.6 Å². The lowest BCUT2D eigenvalue weighted by atomic mass is 10.1. The molecule has 0 unspecified atom stereocenters. The summed E-state index contributed by atoms with van der Waals surface area (Å²) in [6, 6.07) is 11.4. The first-order chi connectivity index (χ1) is 12.0. The van der Waals surface area contributed by atoms with Gasteiger partial charge in [0, 0.05) is 12.1 Å². The maximum absolute atomic E-state index is 13.7. The number of carbonyl (C=O) groups is 1. The fraction of sp³-hybridized carbons (Fsp3) is 0.211. The second kappa shape index (κ2) is 6.84. The number of fused-ring (bicyclic) bond motifs is 1. The van der Waals surface area contributed by atoms with Gasteiger partial charge in [-0.05, 0) is 43.7 Å². The lowest BCUT2D eigenvalue weighted by Crippen LogP contribution is -2.32. The van der Waals surface area contributed by atoms with Gasteiger partial charge in [-0.15, -0.1) is 0 Å². The van der Waals surface area contributed by atoms with Crippen molar-refractivity contribution < 1.29 is 9.18 Å². The van der Waals surface area contributed by atoms with Crippen LogP contribution >= 0.6 is 0 Å². The molecular formula is C19H18FN3O2. The Morgan fingerprint density at radius 3 is 2.72 bits per heavy atom. The topological polar surface area (TPSA) is 66.1 Å². The minimum atomic E-state index is -0.417.